The van der Waals surface area contributed by atoms with Crippen LogP contribution in [0.25, 0.3) is 0 Å². The van der Waals surface area contributed by atoms with E-state index in [1.165, 1.54) is 0 Å². The summed E-state index contributed by atoms with van der Waals surface area (Å²) in [4.78, 5) is 26.9. The summed E-state index contributed by atoms with van der Waals surface area (Å²) < 4.78 is 10.5. The van der Waals surface area contributed by atoms with E-state index >= 15 is 0 Å². The van der Waals surface area contributed by atoms with Crippen LogP contribution in [0.1, 0.15) is 53.0 Å². The molecule has 0 radical (unpaired) electrons. The Morgan fingerprint density at radius 3 is 2.00 bits per heavy atom. The molecule has 2 rings (SSSR count). The molecule has 0 fully saturated rings. The summed E-state index contributed by atoms with van der Waals surface area (Å²) in [5.74, 6) is 1.07. The highest BCUT2D eigenvalue weighted by Crippen LogP contribution is 2.27. The number of hydrogen-bond donors (Lipinski definition) is 1. The first-order valence-electron chi connectivity index (χ1n) is 9.92. The van der Waals surface area contributed by atoms with Crippen molar-refractivity contribution < 1.29 is 19.1 Å². The lowest BCUT2D eigenvalue weighted by molar-refractivity contribution is 0.0755. The van der Waals surface area contributed by atoms with Crippen molar-refractivity contribution >= 4 is 11.8 Å². The van der Waals surface area contributed by atoms with Crippen LogP contribution in [-0.4, -0.2) is 44.0 Å². The molecule has 156 valence electrons. The third kappa shape index (κ3) is 5.98. The lowest BCUT2D eigenvalue weighted by Gasteiger charge is -2.21. The number of hydrogen-bond acceptors (Lipinski definition) is 4. The Morgan fingerprint density at radius 2 is 1.45 bits per heavy atom. The number of ether oxygens (including phenoxy) is 2. The molecule has 6 heteroatoms. The molecule has 0 saturated heterocycles. The Kier molecular flexibility index (Phi) is 8.52. The Balaban J connectivity index is 2.00. The van der Waals surface area contributed by atoms with Crippen LogP contribution in [0, 0.1) is 0 Å². The second-order valence-corrected chi connectivity index (χ2v) is 6.74. The highest BCUT2D eigenvalue weighted by atomic mass is 16.5. The van der Waals surface area contributed by atoms with E-state index in [1.807, 2.05) is 17.0 Å². The molecule has 0 aromatic heterocycles. The molecule has 0 saturated carbocycles. The van der Waals surface area contributed by atoms with Gasteiger partial charge in [-0.05, 0) is 54.8 Å². The van der Waals surface area contributed by atoms with Gasteiger partial charge in [0.15, 0.2) is 11.5 Å². The van der Waals surface area contributed by atoms with Gasteiger partial charge in [0, 0.05) is 30.8 Å². The third-order valence-corrected chi connectivity index (χ3v) is 4.57. The Hall–Kier alpha value is -3.02. The standard InChI is InChI=1S/C23H30N2O4/c1-5-13-25(14-6-2)23(27)19-10-8-18(9-11-19)22(26)24-16-17-7-12-20(28-3)21(15-17)29-4/h7-12,15H,5-6,13-14,16H2,1-4H3,(H,24,26). The van der Waals surface area contributed by atoms with Gasteiger partial charge in [-0.25, -0.2) is 0 Å². The van der Waals surface area contributed by atoms with Gasteiger partial charge >= 0.3 is 0 Å². The number of carbonyl (C=O) groups excluding carboxylic acids is 2. The van der Waals surface area contributed by atoms with Crippen molar-refractivity contribution in [2.24, 2.45) is 0 Å². The fourth-order valence-electron chi connectivity index (χ4n) is 3.08. The topological polar surface area (TPSA) is 67.9 Å². The van der Waals surface area contributed by atoms with Gasteiger partial charge in [-0.3, -0.25) is 9.59 Å². The van der Waals surface area contributed by atoms with Crippen molar-refractivity contribution in [1.82, 2.24) is 10.2 Å². The van der Waals surface area contributed by atoms with Crippen LogP contribution in [0.15, 0.2) is 42.5 Å². The highest BCUT2D eigenvalue weighted by molar-refractivity contribution is 5.97. The summed E-state index contributed by atoms with van der Waals surface area (Å²) in [5.41, 5.74) is 2.01. The predicted octanol–water partition coefficient (Wildman–Crippen LogP) is 3.90. The molecule has 1 N–H and O–H groups in total. The zero-order chi connectivity index (χ0) is 21.2. The third-order valence-electron chi connectivity index (χ3n) is 4.57. The van der Waals surface area contributed by atoms with Gasteiger partial charge in [-0.2, -0.15) is 0 Å². The molecule has 2 aromatic rings. The molecular formula is C23H30N2O4. The molecule has 0 heterocycles. The van der Waals surface area contributed by atoms with Crippen LogP contribution in [0.4, 0.5) is 0 Å². The number of methoxy groups -OCH3 is 2. The molecule has 0 aliphatic heterocycles. The number of nitrogens with zero attached hydrogens (tertiary/aromatic N) is 1. The fraction of sp³-hybridized carbons (Fsp3) is 0.391. The molecule has 0 unspecified atom stereocenters. The molecule has 0 atom stereocenters. The van der Waals surface area contributed by atoms with Gasteiger partial charge in [0.2, 0.25) is 0 Å². The minimum atomic E-state index is -0.197. The minimum Gasteiger partial charge on any atom is -0.493 e. The van der Waals surface area contributed by atoms with Crippen molar-refractivity contribution in [3.05, 3.63) is 59.2 Å². The Morgan fingerprint density at radius 1 is 0.862 bits per heavy atom. The quantitative estimate of drug-likeness (QED) is 0.659. The van der Waals surface area contributed by atoms with Crippen molar-refractivity contribution in [1.29, 1.82) is 0 Å². The zero-order valence-electron chi connectivity index (χ0n) is 17.7. The molecule has 0 spiro atoms. The fourth-order valence-corrected chi connectivity index (χ4v) is 3.08. The summed E-state index contributed by atoms with van der Waals surface area (Å²) in [6, 6.07) is 12.3. The first-order valence-corrected chi connectivity index (χ1v) is 9.92. The summed E-state index contributed by atoms with van der Waals surface area (Å²) in [6.45, 7) is 5.95. The number of rotatable bonds is 10. The highest BCUT2D eigenvalue weighted by Gasteiger charge is 2.15. The van der Waals surface area contributed by atoms with Crippen LogP contribution in [0.5, 0.6) is 11.5 Å². The smallest absolute Gasteiger partial charge is 0.253 e. The van der Waals surface area contributed by atoms with Crippen LogP contribution in [0.3, 0.4) is 0 Å². The minimum absolute atomic E-state index is 0.00554. The van der Waals surface area contributed by atoms with Gasteiger partial charge in [0.1, 0.15) is 0 Å². The average molecular weight is 399 g/mol. The number of benzene rings is 2. The second kappa shape index (κ2) is 11.1. The first kappa shape index (κ1) is 22.3. The number of carbonyl (C=O) groups is 2. The van der Waals surface area contributed by atoms with Crippen molar-refractivity contribution in [3.8, 4) is 11.5 Å². The van der Waals surface area contributed by atoms with E-state index in [4.69, 9.17) is 9.47 Å². The van der Waals surface area contributed by atoms with E-state index in [2.05, 4.69) is 19.2 Å². The van der Waals surface area contributed by atoms with Crippen LogP contribution in [0.2, 0.25) is 0 Å². The maximum absolute atomic E-state index is 12.6. The van der Waals surface area contributed by atoms with E-state index in [9.17, 15) is 9.59 Å². The largest absolute Gasteiger partial charge is 0.493 e. The normalized spacial score (nSPS) is 10.3. The van der Waals surface area contributed by atoms with Crippen LogP contribution in [-0.2, 0) is 6.54 Å². The van der Waals surface area contributed by atoms with Gasteiger partial charge < -0.3 is 19.7 Å². The summed E-state index contributed by atoms with van der Waals surface area (Å²) in [7, 11) is 3.16. The number of nitrogens with one attached hydrogen (secondary N) is 1. The summed E-state index contributed by atoms with van der Waals surface area (Å²) >= 11 is 0. The van der Waals surface area contributed by atoms with E-state index in [0.717, 1.165) is 31.5 Å². The number of amides is 2. The lowest BCUT2D eigenvalue weighted by Crippen LogP contribution is -2.32. The molecule has 2 aromatic carbocycles. The van der Waals surface area contributed by atoms with Crippen molar-refractivity contribution in [2.75, 3.05) is 27.3 Å². The maximum atomic E-state index is 12.6. The average Bonchev–Trinajstić information content (AvgIpc) is 2.76. The predicted molar refractivity (Wildman–Crippen MR) is 114 cm³/mol. The molecule has 2 amide bonds. The molecule has 0 aliphatic rings. The maximum Gasteiger partial charge on any atom is 0.253 e. The SMILES string of the molecule is CCCN(CCC)C(=O)c1ccc(C(=O)NCc2ccc(OC)c(OC)c2)cc1. The van der Waals surface area contributed by atoms with E-state index in [0.29, 0.717) is 29.2 Å². The summed E-state index contributed by atoms with van der Waals surface area (Å²) in [6.07, 6.45) is 1.84. The lowest BCUT2D eigenvalue weighted by atomic mass is 10.1. The van der Waals surface area contributed by atoms with E-state index in [1.54, 1.807) is 44.6 Å². The van der Waals surface area contributed by atoms with Crippen molar-refractivity contribution in [2.45, 2.75) is 33.2 Å². The second-order valence-electron chi connectivity index (χ2n) is 6.74. The molecule has 6 nitrogen and oxygen atoms in total. The molecule has 0 bridgehead atoms. The monoisotopic (exact) mass is 398 g/mol. The van der Waals surface area contributed by atoms with Gasteiger partial charge in [-0.15, -0.1) is 0 Å². The Bertz CT molecular complexity index is 812. The summed E-state index contributed by atoms with van der Waals surface area (Å²) in [5, 5.41) is 2.89. The zero-order valence-corrected chi connectivity index (χ0v) is 17.7. The van der Waals surface area contributed by atoms with Gasteiger partial charge in [-0.1, -0.05) is 19.9 Å². The van der Waals surface area contributed by atoms with E-state index in [-0.39, 0.29) is 11.8 Å². The molecule has 29 heavy (non-hydrogen) atoms. The molecular weight excluding hydrogens is 368 g/mol. The van der Waals surface area contributed by atoms with Crippen molar-refractivity contribution in [3.63, 3.8) is 0 Å². The molecule has 0 aliphatic carbocycles. The van der Waals surface area contributed by atoms with Gasteiger partial charge in [0.25, 0.3) is 11.8 Å². The van der Waals surface area contributed by atoms with E-state index < -0.39 is 0 Å². The Labute approximate surface area is 172 Å². The first-order chi connectivity index (χ1) is 14.0. The van der Waals surface area contributed by atoms with Crippen LogP contribution < -0.4 is 14.8 Å². The van der Waals surface area contributed by atoms with Gasteiger partial charge in [0.05, 0.1) is 14.2 Å². The van der Waals surface area contributed by atoms with Crippen LogP contribution >= 0.6 is 0 Å².